The molecule has 6 heteroatoms. The van der Waals surface area contributed by atoms with E-state index < -0.39 is 18.2 Å². The van der Waals surface area contributed by atoms with E-state index in [2.05, 4.69) is 74.7 Å². The number of hydrogen-bond donors (Lipinski definition) is 3. The van der Waals surface area contributed by atoms with E-state index in [9.17, 15) is 19.8 Å². The number of nitrogens with one attached hydrogen (secondary N) is 1. The van der Waals surface area contributed by atoms with E-state index in [1.165, 1.54) is 154 Å². The zero-order valence-corrected chi connectivity index (χ0v) is 42.7. The molecule has 0 saturated carbocycles. The smallest absolute Gasteiger partial charge is 0.306 e. The Morgan fingerprint density at radius 1 is 0.469 bits per heavy atom. The maximum atomic E-state index is 13.2. The Bertz CT molecular complexity index is 1100. The van der Waals surface area contributed by atoms with Crippen molar-refractivity contribution in [2.45, 2.75) is 302 Å². The summed E-state index contributed by atoms with van der Waals surface area (Å²) in [5.74, 6) is -0.494. The predicted octanol–water partition coefficient (Wildman–Crippen LogP) is 17.0. The van der Waals surface area contributed by atoms with Crippen molar-refractivity contribution in [3.63, 3.8) is 0 Å². The van der Waals surface area contributed by atoms with Gasteiger partial charge in [0.05, 0.1) is 25.2 Å². The zero-order chi connectivity index (χ0) is 46.7. The van der Waals surface area contributed by atoms with E-state index in [-0.39, 0.29) is 24.9 Å². The maximum Gasteiger partial charge on any atom is 0.306 e. The first-order chi connectivity index (χ1) is 31.5. The van der Waals surface area contributed by atoms with E-state index in [0.717, 1.165) is 83.5 Å². The lowest BCUT2D eigenvalue weighted by molar-refractivity contribution is -0.151. The van der Waals surface area contributed by atoms with Gasteiger partial charge >= 0.3 is 5.97 Å². The third kappa shape index (κ3) is 46.4. The summed E-state index contributed by atoms with van der Waals surface area (Å²) in [6.07, 6.45) is 63.1. The molecule has 0 spiro atoms. The first-order valence-corrected chi connectivity index (χ1v) is 27.9. The van der Waals surface area contributed by atoms with Crippen LogP contribution in [0, 0.1) is 0 Å². The summed E-state index contributed by atoms with van der Waals surface area (Å²) >= 11 is 0. The fourth-order valence-electron chi connectivity index (χ4n) is 8.49. The fraction of sp³-hybridized carbons (Fsp3) is 0.828. The molecule has 0 aliphatic carbocycles. The van der Waals surface area contributed by atoms with Crippen LogP contribution in [0.2, 0.25) is 0 Å². The molecule has 64 heavy (non-hydrogen) atoms. The van der Waals surface area contributed by atoms with Crippen LogP contribution in [0.1, 0.15) is 284 Å². The van der Waals surface area contributed by atoms with Gasteiger partial charge in [-0.1, -0.05) is 249 Å². The average molecular weight is 898 g/mol. The molecule has 0 aromatic heterocycles. The van der Waals surface area contributed by atoms with Crippen molar-refractivity contribution in [1.29, 1.82) is 0 Å². The van der Waals surface area contributed by atoms with Crippen LogP contribution in [0.15, 0.2) is 48.6 Å². The van der Waals surface area contributed by atoms with Crippen molar-refractivity contribution in [2.24, 2.45) is 0 Å². The van der Waals surface area contributed by atoms with E-state index in [1.807, 2.05) is 0 Å². The van der Waals surface area contributed by atoms with Gasteiger partial charge in [-0.3, -0.25) is 9.59 Å². The van der Waals surface area contributed by atoms with E-state index in [4.69, 9.17) is 4.74 Å². The molecule has 6 nitrogen and oxygen atoms in total. The summed E-state index contributed by atoms with van der Waals surface area (Å²) in [5, 5.41) is 23.9. The highest BCUT2D eigenvalue weighted by Crippen LogP contribution is 2.18. The topological polar surface area (TPSA) is 95.9 Å². The molecule has 0 aliphatic heterocycles. The number of unbranched alkanes of at least 4 members (excludes halogenated alkanes) is 32. The van der Waals surface area contributed by atoms with Gasteiger partial charge in [0.1, 0.15) is 6.10 Å². The number of hydrogen-bond acceptors (Lipinski definition) is 5. The van der Waals surface area contributed by atoms with Crippen LogP contribution in [0.3, 0.4) is 0 Å². The second-order valence-corrected chi connectivity index (χ2v) is 19.0. The summed E-state index contributed by atoms with van der Waals surface area (Å²) in [6.45, 7) is 6.37. The maximum absolute atomic E-state index is 13.2. The van der Waals surface area contributed by atoms with Crippen LogP contribution in [0.5, 0.6) is 0 Å². The lowest BCUT2D eigenvalue weighted by Crippen LogP contribution is -2.46. The van der Waals surface area contributed by atoms with Gasteiger partial charge in [-0.05, 0) is 70.6 Å². The minimum absolute atomic E-state index is 0.0632. The van der Waals surface area contributed by atoms with Gasteiger partial charge in [0.15, 0.2) is 0 Å². The molecular formula is C58H107NO5. The zero-order valence-electron chi connectivity index (χ0n) is 42.7. The van der Waals surface area contributed by atoms with E-state index in [0.29, 0.717) is 19.3 Å². The standard InChI is InChI=1S/C58H107NO5/c1-4-7-10-13-16-19-22-25-28-30-32-35-38-41-44-47-50-56(61)55(53-60)59-57(62)52-54(49-46-43-40-37-34-31-27-24-21-18-15-12-9-6-3)64-58(63)51-48-45-42-39-36-33-29-26-23-20-17-14-11-8-5-2/h8,11,14,17,20,23,31,34,54-56,60-61H,4-7,9-10,12-13,15-16,18-19,21-22,24-30,32-33,35-53H2,1-3H3,(H,59,62)/b11-8+,17-14+,23-20+,34-31+. The van der Waals surface area contributed by atoms with Crippen molar-refractivity contribution in [1.82, 2.24) is 5.32 Å². The van der Waals surface area contributed by atoms with Gasteiger partial charge in [0.2, 0.25) is 5.91 Å². The molecule has 0 aliphatic rings. The number of aliphatic hydroxyl groups excluding tert-OH is 2. The molecule has 0 aromatic rings. The quantitative estimate of drug-likeness (QED) is 0.0245. The summed E-state index contributed by atoms with van der Waals surface area (Å²) in [5.41, 5.74) is 0. The number of rotatable bonds is 50. The Morgan fingerprint density at radius 3 is 1.33 bits per heavy atom. The molecular weight excluding hydrogens is 791 g/mol. The molecule has 0 aromatic carbocycles. The highest BCUT2D eigenvalue weighted by molar-refractivity contribution is 5.77. The van der Waals surface area contributed by atoms with Crippen molar-refractivity contribution in [3.8, 4) is 0 Å². The lowest BCUT2D eigenvalue weighted by atomic mass is 10.0. The average Bonchev–Trinajstić information content (AvgIpc) is 3.29. The Hall–Kier alpha value is -2.18. The molecule has 0 rings (SSSR count). The van der Waals surface area contributed by atoms with E-state index in [1.54, 1.807) is 0 Å². The molecule has 0 heterocycles. The number of carbonyl (C=O) groups is 2. The van der Waals surface area contributed by atoms with Crippen LogP contribution in [0.25, 0.3) is 0 Å². The summed E-state index contributed by atoms with van der Waals surface area (Å²) in [7, 11) is 0. The first kappa shape index (κ1) is 61.8. The van der Waals surface area contributed by atoms with Crippen LogP contribution in [-0.2, 0) is 14.3 Å². The largest absolute Gasteiger partial charge is 0.462 e. The highest BCUT2D eigenvalue weighted by Gasteiger charge is 2.24. The molecule has 0 bridgehead atoms. The molecule has 0 fully saturated rings. The van der Waals surface area contributed by atoms with Crippen LogP contribution in [-0.4, -0.2) is 46.9 Å². The Balaban J connectivity index is 4.56. The summed E-state index contributed by atoms with van der Waals surface area (Å²) in [6, 6.07) is -0.709. The summed E-state index contributed by atoms with van der Waals surface area (Å²) in [4.78, 5) is 26.2. The van der Waals surface area contributed by atoms with Crippen molar-refractivity contribution in [3.05, 3.63) is 48.6 Å². The van der Waals surface area contributed by atoms with Gasteiger partial charge in [-0.2, -0.15) is 0 Å². The van der Waals surface area contributed by atoms with Gasteiger partial charge in [0.25, 0.3) is 0 Å². The lowest BCUT2D eigenvalue weighted by Gasteiger charge is -2.24. The molecule has 3 N–H and O–H groups in total. The minimum Gasteiger partial charge on any atom is -0.462 e. The summed E-state index contributed by atoms with van der Waals surface area (Å²) < 4.78 is 5.94. The Labute approximate surface area is 397 Å². The normalized spacial score (nSPS) is 13.5. The van der Waals surface area contributed by atoms with Crippen LogP contribution < -0.4 is 5.32 Å². The number of ether oxygens (including phenoxy) is 1. The van der Waals surface area contributed by atoms with Crippen LogP contribution in [0.4, 0.5) is 0 Å². The van der Waals surface area contributed by atoms with Crippen LogP contribution >= 0.6 is 0 Å². The van der Waals surface area contributed by atoms with E-state index >= 15 is 0 Å². The number of allylic oxidation sites excluding steroid dienone is 8. The van der Waals surface area contributed by atoms with Crippen molar-refractivity contribution < 1.29 is 24.5 Å². The Kier molecular flexibility index (Phi) is 50.0. The molecule has 0 saturated heterocycles. The van der Waals surface area contributed by atoms with Crippen molar-refractivity contribution >= 4 is 11.9 Å². The third-order valence-corrected chi connectivity index (χ3v) is 12.7. The second-order valence-electron chi connectivity index (χ2n) is 19.0. The molecule has 3 atom stereocenters. The molecule has 1 amide bonds. The van der Waals surface area contributed by atoms with Crippen molar-refractivity contribution in [2.75, 3.05) is 6.61 Å². The third-order valence-electron chi connectivity index (χ3n) is 12.7. The SMILES string of the molecule is CC/C=C/C=C/C=C/CCCCCCCCCC(=O)OC(CCCCC/C=C/CCCCCCCCC)CC(=O)NC(CO)C(O)CCCCCCCCCCCCCCCCCC. The number of esters is 1. The predicted molar refractivity (Wildman–Crippen MR) is 278 cm³/mol. The second kappa shape index (κ2) is 51.8. The van der Waals surface area contributed by atoms with Gasteiger partial charge < -0.3 is 20.3 Å². The van der Waals surface area contributed by atoms with Gasteiger partial charge in [0, 0.05) is 6.42 Å². The first-order valence-electron chi connectivity index (χ1n) is 27.9. The molecule has 3 unspecified atom stereocenters. The van der Waals surface area contributed by atoms with Gasteiger partial charge in [-0.15, -0.1) is 0 Å². The fourth-order valence-corrected chi connectivity index (χ4v) is 8.49. The number of carbonyl (C=O) groups excluding carboxylic acids is 2. The highest BCUT2D eigenvalue weighted by atomic mass is 16.5. The van der Waals surface area contributed by atoms with Gasteiger partial charge in [-0.25, -0.2) is 0 Å². The number of amides is 1. The number of aliphatic hydroxyl groups is 2. The Morgan fingerprint density at radius 2 is 0.859 bits per heavy atom. The monoisotopic (exact) mass is 898 g/mol. The molecule has 374 valence electrons. The minimum atomic E-state index is -0.794. The molecule has 0 radical (unpaired) electrons.